The Balaban J connectivity index is 1.52. The molecule has 23 heavy (non-hydrogen) atoms. The van der Waals surface area contributed by atoms with E-state index in [0.717, 1.165) is 25.7 Å². The molecule has 3 fully saturated rings. The Hall–Kier alpha value is -1.81. The summed E-state index contributed by atoms with van der Waals surface area (Å²) in [5.74, 6) is 0.917. The number of benzene rings is 1. The predicted molar refractivity (Wildman–Crippen MR) is 82.9 cm³/mol. The third-order valence-corrected chi connectivity index (χ3v) is 6.51. The zero-order valence-electron chi connectivity index (χ0n) is 12.9. The first-order valence-electron chi connectivity index (χ1n) is 8.50. The Morgan fingerprint density at radius 3 is 3.00 bits per heavy atom. The molecule has 1 aliphatic heterocycles. The van der Waals surface area contributed by atoms with Gasteiger partial charge in [0.05, 0.1) is 6.42 Å². The molecule has 1 heterocycles. The molecule has 3 aliphatic carbocycles. The van der Waals surface area contributed by atoms with Crippen LogP contribution < -0.4 is 0 Å². The lowest BCUT2D eigenvalue weighted by Crippen LogP contribution is -2.42. The second-order valence-corrected chi connectivity index (χ2v) is 7.52. The van der Waals surface area contributed by atoms with Crippen molar-refractivity contribution in [2.45, 2.75) is 49.7 Å². The summed E-state index contributed by atoms with van der Waals surface area (Å²) in [6, 6.07) is 5.69. The summed E-state index contributed by atoms with van der Waals surface area (Å²) in [7, 11) is 0. The van der Waals surface area contributed by atoms with Gasteiger partial charge in [-0.05, 0) is 60.8 Å². The molecule has 5 atom stereocenters. The van der Waals surface area contributed by atoms with Crippen LogP contribution in [0.1, 0.15) is 42.7 Å². The van der Waals surface area contributed by atoms with E-state index >= 15 is 0 Å². The number of fused-ring (bicyclic) bond motifs is 7. The quantitative estimate of drug-likeness (QED) is 0.570. The third-order valence-electron chi connectivity index (χ3n) is 6.51. The standard InChI is InChI=1S/C19H20O4/c20-11-2-4-12-10(7-11)1-3-14-13(12)5-6-16-15(14)8-17-19(16,22)9-18(21)23-17/h2-4,7,13,15-17,20,22H,1,5-6,8-9H2. The molecule has 4 aliphatic rings. The van der Waals surface area contributed by atoms with Crippen molar-refractivity contribution in [3.8, 4) is 5.75 Å². The van der Waals surface area contributed by atoms with Gasteiger partial charge in [0.25, 0.3) is 0 Å². The van der Waals surface area contributed by atoms with Crippen molar-refractivity contribution in [3.63, 3.8) is 0 Å². The fraction of sp³-hybridized carbons (Fsp3) is 0.526. The topological polar surface area (TPSA) is 66.8 Å². The maximum absolute atomic E-state index is 11.6. The van der Waals surface area contributed by atoms with Gasteiger partial charge in [0.1, 0.15) is 17.5 Å². The lowest BCUT2D eigenvalue weighted by Gasteiger charge is -2.41. The van der Waals surface area contributed by atoms with Crippen molar-refractivity contribution in [2.24, 2.45) is 11.8 Å². The zero-order valence-corrected chi connectivity index (χ0v) is 12.9. The van der Waals surface area contributed by atoms with E-state index in [2.05, 4.69) is 6.08 Å². The Morgan fingerprint density at radius 2 is 2.13 bits per heavy atom. The molecular formula is C19H20O4. The van der Waals surface area contributed by atoms with Crippen molar-refractivity contribution in [3.05, 3.63) is 41.0 Å². The van der Waals surface area contributed by atoms with E-state index in [1.54, 1.807) is 6.07 Å². The summed E-state index contributed by atoms with van der Waals surface area (Å²) in [4.78, 5) is 11.6. The molecular weight excluding hydrogens is 292 g/mol. The molecule has 4 nitrogen and oxygen atoms in total. The minimum atomic E-state index is -0.956. The van der Waals surface area contributed by atoms with Gasteiger partial charge >= 0.3 is 5.97 Å². The first-order chi connectivity index (χ1) is 11.1. The van der Waals surface area contributed by atoms with Crippen LogP contribution >= 0.6 is 0 Å². The number of ether oxygens (including phenoxy) is 1. The summed E-state index contributed by atoms with van der Waals surface area (Å²) in [5.41, 5.74) is 2.99. The normalized spacial score (nSPS) is 40.6. The molecule has 0 radical (unpaired) electrons. The van der Waals surface area contributed by atoms with Crippen LogP contribution in [0.4, 0.5) is 0 Å². The van der Waals surface area contributed by atoms with Crippen LogP contribution in [0.5, 0.6) is 5.75 Å². The lowest BCUT2D eigenvalue weighted by molar-refractivity contribution is -0.142. The third kappa shape index (κ3) is 1.73. The second kappa shape index (κ2) is 4.38. The van der Waals surface area contributed by atoms with Gasteiger partial charge in [-0.15, -0.1) is 0 Å². The van der Waals surface area contributed by atoms with Crippen molar-refractivity contribution < 1.29 is 19.7 Å². The number of carbonyl (C=O) groups excluding carboxylic acids is 1. The van der Waals surface area contributed by atoms with Crippen LogP contribution in [0.25, 0.3) is 0 Å². The minimum Gasteiger partial charge on any atom is -0.508 e. The highest BCUT2D eigenvalue weighted by molar-refractivity contribution is 5.74. The van der Waals surface area contributed by atoms with Gasteiger partial charge in [-0.3, -0.25) is 4.79 Å². The SMILES string of the molecule is O=C1CC2(O)C(CC3C4=CCc5cc(O)ccc5C4CCC32)O1. The fourth-order valence-corrected chi connectivity index (χ4v) is 5.57. The molecule has 4 heteroatoms. The highest BCUT2D eigenvalue weighted by Gasteiger charge is 2.62. The molecule has 0 spiro atoms. The van der Waals surface area contributed by atoms with E-state index < -0.39 is 5.60 Å². The van der Waals surface area contributed by atoms with Crippen LogP contribution in [0, 0.1) is 11.8 Å². The molecule has 0 aromatic heterocycles. The predicted octanol–water partition coefficient (Wildman–Crippen LogP) is 2.43. The van der Waals surface area contributed by atoms with Crippen LogP contribution in [-0.2, 0) is 16.0 Å². The van der Waals surface area contributed by atoms with Crippen LogP contribution in [-0.4, -0.2) is 27.9 Å². The molecule has 2 saturated carbocycles. The number of hydrogen-bond donors (Lipinski definition) is 2. The molecule has 120 valence electrons. The van der Waals surface area contributed by atoms with Gasteiger partial charge in [0, 0.05) is 5.92 Å². The summed E-state index contributed by atoms with van der Waals surface area (Å²) >= 11 is 0. The van der Waals surface area contributed by atoms with Gasteiger partial charge in [-0.2, -0.15) is 0 Å². The smallest absolute Gasteiger partial charge is 0.309 e. The van der Waals surface area contributed by atoms with Crippen molar-refractivity contribution >= 4 is 5.97 Å². The first-order valence-corrected chi connectivity index (χ1v) is 8.50. The second-order valence-electron chi connectivity index (χ2n) is 7.52. The largest absolute Gasteiger partial charge is 0.508 e. The summed E-state index contributed by atoms with van der Waals surface area (Å²) in [6.07, 6.45) is 5.62. The minimum absolute atomic E-state index is 0.139. The van der Waals surface area contributed by atoms with E-state index in [1.165, 1.54) is 16.7 Å². The Morgan fingerprint density at radius 1 is 1.26 bits per heavy atom. The number of phenols is 1. The number of allylic oxidation sites excluding steroid dienone is 2. The Labute approximate surface area is 134 Å². The number of aromatic hydroxyl groups is 1. The number of carbonyl (C=O) groups is 1. The van der Waals surface area contributed by atoms with Gasteiger partial charge in [0.15, 0.2) is 0 Å². The van der Waals surface area contributed by atoms with E-state index in [4.69, 9.17) is 4.74 Å². The van der Waals surface area contributed by atoms with E-state index in [0.29, 0.717) is 17.6 Å². The molecule has 1 saturated heterocycles. The molecule has 1 aromatic rings. The van der Waals surface area contributed by atoms with Crippen molar-refractivity contribution in [1.82, 2.24) is 0 Å². The number of aliphatic hydroxyl groups is 1. The summed E-state index contributed by atoms with van der Waals surface area (Å²) < 4.78 is 5.40. The number of hydrogen-bond acceptors (Lipinski definition) is 4. The van der Waals surface area contributed by atoms with E-state index in [1.807, 2.05) is 12.1 Å². The van der Waals surface area contributed by atoms with Gasteiger partial charge in [-0.1, -0.05) is 17.7 Å². The van der Waals surface area contributed by atoms with Crippen LogP contribution in [0.3, 0.4) is 0 Å². The van der Waals surface area contributed by atoms with Crippen molar-refractivity contribution in [1.29, 1.82) is 0 Å². The van der Waals surface area contributed by atoms with Gasteiger partial charge in [-0.25, -0.2) is 0 Å². The molecule has 2 N–H and O–H groups in total. The Bertz CT molecular complexity index is 737. The zero-order chi connectivity index (χ0) is 15.8. The first kappa shape index (κ1) is 13.6. The summed E-state index contributed by atoms with van der Waals surface area (Å²) in [5, 5.41) is 20.7. The number of phenolic OH excluding ortho intramolecular Hbond substituents is 1. The van der Waals surface area contributed by atoms with Gasteiger partial charge < -0.3 is 14.9 Å². The maximum atomic E-state index is 11.6. The average Bonchev–Trinajstić information content (AvgIpc) is 2.95. The number of esters is 1. The highest BCUT2D eigenvalue weighted by Crippen LogP contribution is 2.59. The summed E-state index contributed by atoms with van der Waals surface area (Å²) in [6.45, 7) is 0. The number of rotatable bonds is 0. The molecule has 0 amide bonds. The van der Waals surface area contributed by atoms with Crippen molar-refractivity contribution in [2.75, 3.05) is 0 Å². The maximum Gasteiger partial charge on any atom is 0.309 e. The van der Waals surface area contributed by atoms with Crippen LogP contribution in [0.15, 0.2) is 29.8 Å². The monoisotopic (exact) mass is 312 g/mol. The van der Waals surface area contributed by atoms with Crippen LogP contribution in [0.2, 0.25) is 0 Å². The molecule has 5 unspecified atom stereocenters. The lowest BCUT2D eigenvalue weighted by atomic mass is 9.64. The fourth-order valence-electron chi connectivity index (χ4n) is 5.57. The molecule has 5 rings (SSSR count). The highest BCUT2D eigenvalue weighted by atomic mass is 16.6. The Kier molecular flexibility index (Phi) is 2.59. The van der Waals surface area contributed by atoms with E-state index in [-0.39, 0.29) is 24.4 Å². The average molecular weight is 312 g/mol. The van der Waals surface area contributed by atoms with Gasteiger partial charge in [0.2, 0.25) is 0 Å². The molecule has 1 aromatic carbocycles. The van der Waals surface area contributed by atoms with E-state index in [9.17, 15) is 15.0 Å². The molecule has 0 bridgehead atoms.